The van der Waals surface area contributed by atoms with Gasteiger partial charge in [0.15, 0.2) is 0 Å². The normalized spacial score (nSPS) is 17.4. The van der Waals surface area contributed by atoms with Gasteiger partial charge in [0.25, 0.3) is 0 Å². The fourth-order valence-electron chi connectivity index (χ4n) is 4.16. The third-order valence-electron chi connectivity index (χ3n) is 6.01. The zero-order valence-corrected chi connectivity index (χ0v) is 20.5. The zero-order valence-electron chi connectivity index (χ0n) is 22.7. The van der Waals surface area contributed by atoms with Crippen LogP contribution in [0.15, 0.2) is 36.8 Å². The molecule has 2 aromatic heterocycles. The van der Waals surface area contributed by atoms with E-state index in [2.05, 4.69) is 25.7 Å². The van der Waals surface area contributed by atoms with Gasteiger partial charge in [0.1, 0.15) is 5.56 Å². The molecule has 1 fully saturated rings. The fourth-order valence-corrected chi connectivity index (χ4v) is 5.03. The summed E-state index contributed by atoms with van der Waals surface area (Å²) in [5.74, 6) is 0.00541. The summed E-state index contributed by atoms with van der Waals surface area (Å²) in [5.41, 5.74) is 0.868. The van der Waals surface area contributed by atoms with E-state index in [0.29, 0.717) is 31.6 Å². The number of benzene rings is 1. The molecule has 13 heteroatoms. The topological polar surface area (TPSA) is 105 Å². The molecule has 1 aromatic carbocycles. The number of anilines is 1. The van der Waals surface area contributed by atoms with Crippen molar-refractivity contribution in [3.05, 3.63) is 53.5 Å². The molecule has 4 rings (SSSR count). The molecule has 3 aromatic rings. The van der Waals surface area contributed by atoms with Crippen LogP contribution in [-0.4, -0.2) is 64.8 Å². The van der Waals surface area contributed by atoms with Gasteiger partial charge < -0.3 is 10.6 Å². The summed E-state index contributed by atoms with van der Waals surface area (Å²) in [6.45, 7) is 0.222. The minimum atomic E-state index is -4.70. The summed E-state index contributed by atoms with van der Waals surface area (Å²) in [6, 6.07) is 5.00. The summed E-state index contributed by atoms with van der Waals surface area (Å²) in [5, 5.41) is 9.71. The lowest BCUT2D eigenvalue weighted by Gasteiger charge is -2.30. The van der Waals surface area contributed by atoms with E-state index in [1.165, 1.54) is 21.4 Å². The predicted octanol–water partition coefficient (Wildman–Crippen LogP) is 3.21. The van der Waals surface area contributed by atoms with E-state index >= 15 is 0 Å². The van der Waals surface area contributed by atoms with Gasteiger partial charge in [-0.25, -0.2) is 27.4 Å². The Morgan fingerprint density at radius 2 is 1.97 bits per heavy atom. The highest BCUT2D eigenvalue weighted by molar-refractivity contribution is 7.88. The molecule has 1 aliphatic heterocycles. The lowest BCUT2D eigenvalue weighted by molar-refractivity contribution is -0.137. The Bertz CT molecular complexity index is 1440. The van der Waals surface area contributed by atoms with Crippen molar-refractivity contribution in [2.45, 2.75) is 38.5 Å². The van der Waals surface area contributed by atoms with Crippen LogP contribution in [0.2, 0.25) is 0 Å². The Morgan fingerprint density at radius 1 is 1.22 bits per heavy atom. The number of hydrogen-bond acceptors (Lipinski definition) is 7. The van der Waals surface area contributed by atoms with E-state index in [1.807, 2.05) is 0 Å². The van der Waals surface area contributed by atoms with E-state index in [9.17, 15) is 21.6 Å². The third kappa shape index (κ3) is 5.85. The lowest BCUT2D eigenvalue weighted by atomic mass is 10.1. The van der Waals surface area contributed by atoms with Crippen molar-refractivity contribution in [1.29, 1.82) is 0 Å². The summed E-state index contributed by atoms with van der Waals surface area (Å²) < 4.78 is 89.6. The van der Waals surface area contributed by atoms with Crippen LogP contribution in [0.1, 0.15) is 33.6 Å². The third-order valence-corrected chi connectivity index (χ3v) is 7.31. The Morgan fingerprint density at radius 3 is 2.61 bits per heavy atom. The summed E-state index contributed by atoms with van der Waals surface area (Å²) in [6.07, 6.45) is 0.809. The second-order valence-electron chi connectivity index (χ2n) is 8.68. The molecule has 0 spiro atoms. The highest BCUT2D eigenvalue weighted by atomic mass is 32.2. The van der Waals surface area contributed by atoms with E-state index in [1.54, 1.807) is 25.1 Å². The van der Waals surface area contributed by atoms with Crippen LogP contribution >= 0.6 is 0 Å². The van der Waals surface area contributed by atoms with Gasteiger partial charge in [-0.2, -0.15) is 18.3 Å². The summed E-state index contributed by atoms with van der Waals surface area (Å²) >= 11 is 0. The van der Waals surface area contributed by atoms with Crippen molar-refractivity contribution in [3.8, 4) is 16.9 Å². The highest BCUT2D eigenvalue weighted by Crippen LogP contribution is 2.36. The highest BCUT2D eigenvalue weighted by Gasteiger charge is 2.36. The van der Waals surface area contributed by atoms with Crippen LogP contribution in [0.3, 0.4) is 0 Å². The Balaban J connectivity index is 1.57. The van der Waals surface area contributed by atoms with Gasteiger partial charge >= 0.3 is 6.18 Å². The van der Waals surface area contributed by atoms with E-state index in [4.69, 9.17) is 4.11 Å². The van der Waals surface area contributed by atoms with Gasteiger partial charge in [0.05, 0.1) is 23.8 Å². The molecule has 9 nitrogen and oxygen atoms in total. The molecule has 1 saturated heterocycles. The second kappa shape index (κ2) is 10.1. The standard InChI is InChI=1S/C23H28F3N7O2S/c1-15-10-16(11-27-2)4-5-20(15)33-14-17(12-29-33)21-19(23(24,25)26)13-28-22(31-21)30-18-6-8-32(9-7-18)36(3,34)35/h4-5,10,12-14,18,27H,6-9,11H2,1-3H3,(H,28,30,31)/i2D3. The number of piperidine rings is 1. The molecular formula is C23H28F3N7O2S. The number of alkyl halides is 3. The molecule has 194 valence electrons. The number of sulfonamides is 1. The van der Waals surface area contributed by atoms with Crippen molar-refractivity contribution in [2.24, 2.45) is 0 Å². The predicted molar refractivity (Wildman–Crippen MR) is 130 cm³/mol. The van der Waals surface area contributed by atoms with Crippen molar-refractivity contribution >= 4 is 16.0 Å². The molecule has 36 heavy (non-hydrogen) atoms. The quantitative estimate of drug-likeness (QED) is 0.487. The SMILES string of the molecule is [2H]C([2H])([2H])NCc1ccc(-n2cc(-c3nc(NC4CCN(S(C)(=O)=O)CC4)ncc3C(F)(F)F)cn2)c(C)c1. The summed E-state index contributed by atoms with van der Waals surface area (Å²) in [7, 11) is -3.31. The smallest absolute Gasteiger partial charge is 0.351 e. The number of halogens is 3. The molecule has 0 atom stereocenters. The largest absolute Gasteiger partial charge is 0.419 e. The molecule has 0 unspecified atom stereocenters. The van der Waals surface area contributed by atoms with E-state index in [0.717, 1.165) is 23.6 Å². The zero-order chi connectivity index (χ0) is 28.6. The molecule has 1 aliphatic rings. The van der Waals surface area contributed by atoms with Crippen molar-refractivity contribution < 1.29 is 25.7 Å². The van der Waals surface area contributed by atoms with Crippen molar-refractivity contribution in [2.75, 3.05) is 31.6 Å². The maximum Gasteiger partial charge on any atom is 0.419 e. The number of nitrogens with one attached hydrogen (secondary N) is 2. The molecular weight excluding hydrogens is 495 g/mol. The average Bonchev–Trinajstić information content (AvgIpc) is 3.31. The van der Waals surface area contributed by atoms with Gasteiger partial charge in [0, 0.05) is 47.7 Å². The van der Waals surface area contributed by atoms with Crippen LogP contribution in [-0.2, 0) is 22.7 Å². The number of aryl methyl sites for hydroxylation is 1. The molecule has 0 aliphatic carbocycles. The van der Waals surface area contributed by atoms with Gasteiger partial charge in [-0.3, -0.25) is 0 Å². The first-order valence-electron chi connectivity index (χ1n) is 12.7. The fraction of sp³-hybridized carbons (Fsp3) is 0.435. The number of nitrogens with zero attached hydrogens (tertiary/aromatic N) is 5. The summed E-state index contributed by atoms with van der Waals surface area (Å²) in [4.78, 5) is 8.04. The maximum absolute atomic E-state index is 13.8. The average molecular weight is 527 g/mol. The Kier molecular flexibility index (Phi) is 6.25. The van der Waals surface area contributed by atoms with Crippen LogP contribution in [0.5, 0.6) is 0 Å². The van der Waals surface area contributed by atoms with Gasteiger partial charge in [-0.1, -0.05) is 12.1 Å². The van der Waals surface area contributed by atoms with Gasteiger partial charge in [-0.15, -0.1) is 0 Å². The monoisotopic (exact) mass is 526 g/mol. The van der Waals surface area contributed by atoms with Gasteiger partial charge in [-0.05, 0) is 43.9 Å². The van der Waals surface area contributed by atoms with Crippen LogP contribution in [0.25, 0.3) is 16.9 Å². The molecule has 0 bridgehead atoms. The molecule has 0 saturated carbocycles. The van der Waals surface area contributed by atoms with Crippen molar-refractivity contribution in [3.63, 3.8) is 0 Å². The molecule has 2 N–H and O–H groups in total. The van der Waals surface area contributed by atoms with Crippen molar-refractivity contribution in [1.82, 2.24) is 29.4 Å². The lowest BCUT2D eigenvalue weighted by Crippen LogP contribution is -2.42. The maximum atomic E-state index is 13.8. The van der Waals surface area contributed by atoms with Crippen LogP contribution in [0.4, 0.5) is 19.1 Å². The minimum Gasteiger partial charge on any atom is -0.351 e. The first kappa shape index (κ1) is 22.2. The number of hydrogen-bond donors (Lipinski definition) is 2. The number of aromatic nitrogens is 4. The Hall–Kier alpha value is -3.03. The molecule has 0 amide bonds. The van der Waals surface area contributed by atoms with E-state index < -0.39 is 28.7 Å². The second-order valence-corrected chi connectivity index (χ2v) is 10.7. The van der Waals surface area contributed by atoms with Crippen LogP contribution < -0.4 is 10.6 Å². The first-order valence-corrected chi connectivity index (χ1v) is 13.0. The molecule has 0 radical (unpaired) electrons. The number of rotatable bonds is 7. The first-order chi connectivity index (χ1) is 18.1. The van der Waals surface area contributed by atoms with E-state index in [-0.39, 0.29) is 29.8 Å². The Labute approximate surface area is 212 Å². The van der Waals surface area contributed by atoms with Gasteiger partial charge in [0.2, 0.25) is 16.0 Å². The molecule has 3 heterocycles. The van der Waals surface area contributed by atoms with Crippen LogP contribution in [0, 0.1) is 6.92 Å². The minimum absolute atomic E-state index is 0.00541.